The highest BCUT2D eigenvalue weighted by atomic mass is 16.5. The van der Waals surface area contributed by atoms with Gasteiger partial charge in [0, 0.05) is 43.8 Å². The van der Waals surface area contributed by atoms with E-state index >= 15 is 0 Å². The van der Waals surface area contributed by atoms with Crippen LogP contribution in [-0.2, 0) is 14.3 Å². The minimum absolute atomic E-state index is 0.0315. The number of hydrogen-bond donors (Lipinski definition) is 1. The number of fused-ring (bicyclic) bond motifs is 1. The Balaban J connectivity index is 1.55. The van der Waals surface area contributed by atoms with Gasteiger partial charge >= 0.3 is 0 Å². The van der Waals surface area contributed by atoms with Gasteiger partial charge in [-0.15, -0.1) is 0 Å². The van der Waals surface area contributed by atoms with Gasteiger partial charge in [0.1, 0.15) is 0 Å². The van der Waals surface area contributed by atoms with E-state index in [4.69, 9.17) is 9.47 Å². The van der Waals surface area contributed by atoms with Crippen LogP contribution in [0, 0.1) is 11.8 Å². The SMILES string of the molecule is COCCC(=O)N[C@]1(C)C[C@H](c2ccc(-n3cccn3)cc2)O[C@@H]2C[C@H](C)CC[C@H]21. The molecule has 1 aromatic heterocycles. The quantitative estimate of drug-likeness (QED) is 0.779. The van der Waals surface area contributed by atoms with Gasteiger partial charge in [-0.2, -0.15) is 5.10 Å². The molecule has 162 valence electrons. The number of carbonyl (C=O) groups excluding carboxylic acids is 1. The standard InChI is InChI=1S/C24H33N3O3/c1-17-5-10-20-21(15-17)30-22(16-24(20,2)26-23(28)11-14-29-3)18-6-8-19(9-7-18)27-13-4-12-25-27/h4,6-9,12-13,17,20-22H,5,10-11,14-16H2,1-3H3,(H,26,28)/t17-,20-,21-,22-,24-/m1/s1. The number of benzene rings is 1. The summed E-state index contributed by atoms with van der Waals surface area (Å²) in [4.78, 5) is 12.6. The molecule has 0 spiro atoms. The van der Waals surface area contributed by atoms with E-state index < -0.39 is 0 Å². The Morgan fingerprint density at radius 1 is 1.33 bits per heavy atom. The number of nitrogens with one attached hydrogen (secondary N) is 1. The summed E-state index contributed by atoms with van der Waals surface area (Å²) in [5.41, 5.74) is 1.90. The van der Waals surface area contributed by atoms with E-state index in [1.54, 1.807) is 13.3 Å². The molecule has 1 amide bonds. The molecular weight excluding hydrogens is 378 g/mol. The molecule has 1 aliphatic heterocycles. The van der Waals surface area contributed by atoms with Crippen LogP contribution in [0.25, 0.3) is 5.69 Å². The summed E-state index contributed by atoms with van der Waals surface area (Å²) < 4.78 is 13.6. The molecule has 2 aliphatic rings. The Labute approximate surface area is 178 Å². The van der Waals surface area contributed by atoms with E-state index in [9.17, 15) is 4.79 Å². The zero-order chi connectivity index (χ0) is 21.1. The second-order valence-electron chi connectivity index (χ2n) is 9.14. The second kappa shape index (κ2) is 8.90. The third-order valence-electron chi connectivity index (χ3n) is 6.81. The lowest BCUT2D eigenvalue weighted by atomic mass is 9.66. The summed E-state index contributed by atoms with van der Waals surface area (Å²) in [6.45, 7) is 4.96. The van der Waals surface area contributed by atoms with Crippen LogP contribution in [0.1, 0.15) is 57.6 Å². The molecule has 6 nitrogen and oxygen atoms in total. The molecule has 2 heterocycles. The lowest BCUT2D eigenvalue weighted by Crippen LogP contribution is -2.60. The molecule has 30 heavy (non-hydrogen) atoms. The molecule has 0 bridgehead atoms. The van der Waals surface area contributed by atoms with Crippen LogP contribution in [-0.4, -0.2) is 41.0 Å². The summed E-state index contributed by atoms with van der Waals surface area (Å²) >= 11 is 0. The van der Waals surface area contributed by atoms with Crippen LogP contribution in [0.5, 0.6) is 0 Å². The highest BCUT2D eigenvalue weighted by Crippen LogP contribution is 2.47. The van der Waals surface area contributed by atoms with Crippen molar-refractivity contribution >= 4 is 5.91 Å². The van der Waals surface area contributed by atoms with E-state index in [1.165, 1.54) is 6.42 Å². The van der Waals surface area contributed by atoms with Crippen molar-refractivity contribution in [1.29, 1.82) is 0 Å². The van der Waals surface area contributed by atoms with Crippen LogP contribution in [0.15, 0.2) is 42.7 Å². The molecular formula is C24H33N3O3. The van der Waals surface area contributed by atoms with Gasteiger partial charge in [0.15, 0.2) is 0 Å². The minimum atomic E-state index is -0.279. The third kappa shape index (κ3) is 4.44. The van der Waals surface area contributed by atoms with Gasteiger partial charge in [0.25, 0.3) is 0 Å². The molecule has 0 radical (unpaired) electrons. The van der Waals surface area contributed by atoms with Crippen molar-refractivity contribution in [1.82, 2.24) is 15.1 Å². The summed E-state index contributed by atoms with van der Waals surface area (Å²) in [5.74, 6) is 1.06. The van der Waals surface area contributed by atoms with E-state index in [1.807, 2.05) is 16.9 Å². The van der Waals surface area contributed by atoms with Crippen molar-refractivity contribution in [2.75, 3.05) is 13.7 Å². The van der Waals surface area contributed by atoms with Crippen molar-refractivity contribution in [3.8, 4) is 5.69 Å². The van der Waals surface area contributed by atoms with Gasteiger partial charge in [0.05, 0.1) is 24.5 Å². The predicted octanol–water partition coefficient (Wildman–Crippen LogP) is 4.05. The maximum Gasteiger partial charge on any atom is 0.222 e. The van der Waals surface area contributed by atoms with E-state index in [0.717, 1.165) is 30.5 Å². The lowest BCUT2D eigenvalue weighted by molar-refractivity contribution is -0.154. The molecule has 4 rings (SSSR count). The fraction of sp³-hybridized carbons (Fsp3) is 0.583. The first-order valence-electron chi connectivity index (χ1n) is 11.0. The number of ether oxygens (including phenoxy) is 2. The Hall–Kier alpha value is -2.18. The van der Waals surface area contributed by atoms with Crippen LogP contribution < -0.4 is 5.32 Å². The number of nitrogens with zero attached hydrogens (tertiary/aromatic N) is 2. The number of carbonyl (C=O) groups is 1. The van der Waals surface area contributed by atoms with Crippen LogP contribution in [0.3, 0.4) is 0 Å². The van der Waals surface area contributed by atoms with Crippen LogP contribution in [0.4, 0.5) is 0 Å². The molecule has 2 fully saturated rings. The smallest absolute Gasteiger partial charge is 0.222 e. The average molecular weight is 412 g/mol. The molecule has 5 atom stereocenters. The summed E-state index contributed by atoms with van der Waals surface area (Å²) in [6, 6.07) is 10.3. The first-order valence-corrected chi connectivity index (χ1v) is 11.0. The van der Waals surface area contributed by atoms with E-state index in [2.05, 4.69) is 48.5 Å². The van der Waals surface area contributed by atoms with Crippen molar-refractivity contribution in [2.24, 2.45) is 11.8 Å². The third-order valence-corrected chi connectivity index (χ3v) is 6.81. The highest BCUT2D eigenvalue weighted by molar-refractivity contribution is 5.77. The molecule has 0 unspecified atom stereocenters. The number of amides is 1. The summed E-state index contributed by atoms with van der Waals surface area (Å²) in [5, 5.41) is 7.66. The maximum absolute atomic E-state index is 12.6. The van der Waals surface area contributed by atoms with Gasteiger partial charge in [-0.3, -0.25) is 4.79 Å². The Bertz CT molecular complexity index is 836. The number of aromatic nitrogens is 2. The first kappa shape index (κ1) is 21.1. The van der Waals surface area contributed by atoms with Gasteiger partial charge < -0.3 is 14.8 Å². The Kier molecular flexibility index (Phi) is 6.25. The van der Waals surface area contributed by atoms with E-state index in [0.29, 0.717) is 24.9 Å². The topological polar surface area (TPSA) is 65.4 Å². The first-order chi connectivity index (χ1) is 14.5. The molecule has 1 aliphatic carbocycles. The monoisotopic (exact) mass is 411 g/mol. The number of methoxy groups -OCH3 is 1. The predicted molar refractivity (Wildman–Crippen MR) is 115 cm³/mol. The average Bonchev–Trinajstić information content (AvgIpc) is 3.26. The zero-order valence-electron chi connectivity index (χ0n) is 18.2. The lowest BCUT2D eigenvalue weighted by Gasteiger charge is -2.52. The van der Waals surface area contributed by atoms with Crippen LogP contribution in [0.2, 0.25) is 0 Å². The molecule has 2 aromatic rings. The van der Waals surface area contributed by atoms with Crippen molar-refractivity contribution in [3.63, 3.8) is 0 Å². The van der Waals surface area contributed by atoms with Gasteiger partial charge in [-0.05, 0) is 49.4 Å². The molecule has 6 heteroatoms. The van der Waals surface area contributed by atoms with Crippen molar-refractivity contribution < 1.29 is 14.3 Å². The summed E-state index contributed by atoms with van der Waals surface area (Å²) in [6.07, 6.45) is 8.37. The van der Waals surface area contributed by atoms with Gasteiger partial charge in [0.2, 0.25) is 5.91 Å². The Morgan fingerprint density at radius 3 is 2.83 bits per heavy atom. The molecule has 1 saturated carbocycles. The van der Waals surface area contributed by atoms with Crippen molar-refractivity contribution in [3.05, 3.63) is 48.3 Å². The number of hydrogen-bond acceptors (Lipinski definition) is 4. The normalized spacial score (nSPS) is 31.2. The number of rotatable bonds is 6. The second-order valence-corrected chi connectivity index (χ2v) is 9.14. The fourth-order valence-electron chi connectivity index (χ4n) is 5.18. The maximum atomic E-state index is 12.6. The van der Waals surface area contributed by atoms with Gasteiger partial charge in [-0.1, -0.05) is 25.5 Å². The molecule has 1 saturated heterocycles. The minimum Gasteiger partial charge on any atom is -0.384 e. The molecule has 1 aromatic carbocycles. The highest BCUT2D eigenvalue weighted by Gasteiger charge is 2.49. The zero-order valence-corrected chi connectivity index (χ0v) is 18.2. The summed E-state index contributed by atoms with van der Waals surface area (Å²) in [7, 11) is 1.63. The van der Waals surface area contributed by atoms with Gasteiger partial charge in [-0.25, -0.2) is 4.68 Å². The van der Waals surface area contributed by atoms with E-state index in [-0.39, 0.29) is 23.7 Å². The molecule has 1 N–H and O–H groups in total. The van der Waals surface area contributed by atoms with Crippen molar-refractivity contribution in [2.45, 2.75) is 63.7 Å². The fourth-order valence-corrected chi connectivity index (χ4v) is 5.18. The Morgan fingerprint density at radius 2 is 2.13 bits per heavy atom. The van der Waals surface area contributed by atoms with Crippen LogP contribution >= 0.6 is 0 Å². The largest absolute Gasteiger partial charge is 0.384 e.